The number of hydrogen-bond donors (Lipinski definition) is 1. The van der Waals surface area contributed by atoms with Crippen molar-refractivity contribution in [3.63, 3.8) is 0 Å². The first kappa shape index (κ1) is 15.6. The SMILES string of the molecule is CCNC1CCCc2nc(N(CC)CC(F)(F)F)sc21. The van der Waals surface area contributed by atoms with E-state index in [1.54, 1.807) is 6.92 Å². The van der Waals surface area contributed by atoms with Gasteiger partial charge < -0.3 is 10.2 Å². The first-order valence-corrected chi connectivity index (χ1v) is 7.81. The van der Waals surface area contributed by atoms with E-state index in [1.165, 1.54) is 16.2 Å². The molecule has 1 unspecified atom stereocenters. The fourth-order valence-corrected chi connectivity index (χ4v) is 3.80. The van der Waals surface area contributed by atoms with E-state index in [-0.39, 0.29) is 6.04 Å². The Morgan fingerprint density at radius 1 is 1.40 bits per heavy atom. The van der Waals surface area contributed by atoms with Gasteiger partial charge in [-0.25, -0.2) is 4.98 Å². The molecule has 1 aliphatic rings. The highest BCUT2D eigenvalue weighted by atomic mass is 32.1. The number of halogens is 3. The van der Waals surface area contributed by atoms with Gasteiger partial charge in [-0.05, 0) is 32.7 Å². The topological polar surface area (TPSA) is 28.2 Å². The second-order valence-corrected chi connectivity index (χ2v) is 5.95. The zero-order valence-corrected chi connectivity index (χ0v) is 12.6. The van der Waals surface area contributed by atoms with Gasteiger partial charge in [0.25, 0.3) is 0 Å². The number of alkyl halides is 3. The van der Waals surface area contributed by atoms with E-state index in [4.69, 9.17) is 0 Å². The summed E-state index contributed by atoms with van der Waals surface area (Å²) in [6.45, 7) is 4.02. The van der Waals surface area contributed by atoms with Crippen molar-refractivity contribution in [1.82, 2.24) is 10.3 Å². The molecule has 0 fully saturated rings. The Morgan fingerprint density at radius 3 is 2.75 bits per heavy atom. The van der Waals surface area contributed by atoms with Crippen molar-refractivity contribution >= 4 is 16.5 Å². The number of hydrogen-bond acceptors (Lipinski definition) is 4. The molecule has 0 aromatic carbocycles. The quantitative estimate of drug-likeness (QED) is 0.902. The number of rotatable bonds is 5. The molecule has 0 aliphatic heterocycles. The predicted octanol–water partition coefficient (Wildman–Crippen LogP) is 3.52. The molecule has 1 atom stereocenters. The highest BCUT2D eigenvalue weighted by molar-refractivity contribution is 7.15. The summed E-state index contributed by atoms with van der Waals surface area (Å²) in [5.74, 6) is 0. The number of aromatic nitrogens is 1. The summed E-state index contributed by atoms with van der Waals surface area (Å²) in [4.78, 5) is 6.87. The Balaban J connectivity index is 2.21. The molecule has 0 saturated heterocycles. The highest BCUT2D eigenvalue weighted by Crippen LogP contribution is 2.38. The zero-order valence-electron chi connectivity index (χ0n) is 11.8. The molecule has 2 rings (SSSR count). The van der Waals surface area contributed by atoms with Crippen LogP contribution in [0.5, 0.6) is 0 Å². The molecule has 114 valence electrons. The number of anilines is 1. The van der Waals surface area contributed by atoms with Crippen LogP contribution in [0.4, 0.5) is 18.3 Å². The van der Waals surface area contributed by atoms with Gasteiger partial charge in [0.1, 0.15) is 6.54 Å². The largest absolute Gasteiger partial charge is 0.406 e. The molecule has 1 heterocycles. The standard InChI is InChI=1S/C13H20F3N3S/c1-3-17-9-6-5-7-10-11(9)20-12(18-10)19(4-2)8-13(14,15)16/h9,17H,3-8H2,1-2H3. The van der Waals surface area contributed by atoms with E-state index in [0.29, 0.717) is 11.7 Å². The number of aryl methyl sites for hydroxylation is 1. The Bertz CT molecular complexity index is 445. The first-order valence-electron chi connectivity index (χ1n) is 6.99. The molecule has 1 aromatic rings. The van der Waals surface area contributed by atoms with Gasteiger partial charge in [0.2, 0.25) is 0 Å². The molecular formula is C13H20F3N3S. The fraction of sp³-hybridized carbons (Fsp3) is 0.769. The first-order chi connectivity index (χ1) is 9.44. The molecule has 1 aromatic heterocycles. The summed E-state index contributed by atoms with van der Waals surface area (Å²) in [6.07, 6.45) is -1.24. The van der Waals surface area contributed by atoms with E-state index in [2.05, 4.69) is 10.3 Å². The number of fused-ring (bicyclic) bond motifs is 1. The predicted molar refractivity (Wildman–Crippen MR) is 75.4 cm³/mol. The molecule has 1 N–H and O–H groups in total. The molecule has 0 radical (unpaired) electrons. The second kappa shape index (κ2) is 6.30. The zero-order chi connectivity index (χ0) is 14.8. The highest BCUT2D eigenvalue weighted by Gasteiger charge is 2.33. The molecule has 7 heteroatoms. The lowest BCUT2D eigenvalue weighted by Crippen LogP contribution is -2.34. The Kier molecular flexibility index (Phi) is 4.90. The fourth-order valence-electron chi connectivity index (χ4n) is 2.51. The maximum atomic E-state index is 12.6. The van der Waals surface area contributed by atoms with Crippen LogP contribution in [0.3, 0.4) is 0 Å². The molecule has 0 spiro atoms. The summed E-state index contributed by atoms with van der Waals surface area (Å²) < 4.78 is 37.7. The lowest BCUT2D eigenvalue weighted by molar-refractivity contribution is -0.119. The Morgan fingerprint density at radius 2 is 2.15 bits per heavy atom. The minimum Gasteiger partial charge on any atom is -0.339 e. The Hall–Kier alpha value is -0.820. The molecule has 0 bridgehead atoms. The summed E-state index contributed by atoms with van der Waals surface area (Å²) in [6, 6.07) is 0.250. The van der Waals surface area contributed by atoms with Gasteiger partial charge in [-0.3, -0.25) is 0 Å². The van der Waals surface area contributed by atoms with Crippen LogP contribution in [0.25, 0.3) is 0 Å². The Labute approximate surface area is 121 Å². The second-order valence-electron chi connectivity index (χ2n) is 4.94. The van der Waals surface area contributed by atoms with Crippen molar-refractivity contribution in [3.8, 4) is 0 Å². The molecule has 1 aliphatic carbocycles. The maximum absolute atomic E-state index is 12.6. The van der Waals surface area contributed by atoms with Crippen molar-refractivity contribution in [2.75, 3.05) is 24.5 Å². The van der Waals surface area contributed by atoms with Crippen LogP contribution in [0.15, 0.2) is 0 Å². The lowest BCUT2D eigenvalue weighted by atomic mass is 9.98. The molecule has 20 heavy (non-hydrogen) atoms. The van der Waals surface area contributed by atoms with Crippen LogP contribution in [0.2, 0.25) is 0 Å². The molecule has 3 nitrogen and oxygen atoms in total. The summed E-state index contributed by atoms with van der Waals surface area (Å²) >= 11 is 1.41. The van der Waals surface area contributed by atoms with Crippen molar-refractivity contribution in [3.05, 3.63) is 10.6 Å². The average Bonchev–Trinajstić information content (AvgIpc) is 2.80. The van der Waals surface area contributed by atoms with E-state index in [1.807, 2.05) is 6.92 Å². The van der Waals surface area contributed by atoms with Crippen molar-refractivity contribution < 1.29 is 13.2 Å². The van der Waals surface area contributed by atoms with E-state index in [9.17, 15) is 13.2 Å². The summed E-state index contributed by atoms with van der Waals surface area (Å²) in [5.41, 5.74) is 0.975. The normalized spacial score (nSPS) is 18.9. The minimum absolute atomic E-state index is 0.250. The minimum atomic E-state index is -4.19. The van der Waals surface area contributed by atoms with Gasteiger partial charge in [-0.15, -0.1) is 0 Å². The van der Waals surface area contributed by atoms with Crippen LogP contribution >= 0.6 is 11.3 Å². The summed E-state index contributed by atoms with van der Waals surface area (Å²) in [7, 11) is 0. The van der Waals surface area contributed by atoms with E-state index < -0.39 is 12.7 Å². The third kappa shape index (κ3) is 3.63. The number of thiazole rings is 1. The van der Waals surface area contributed by atoms with Gasteiger partial charge in [0, 0.05) is 17.5 Å². The lowest BCUT2D eigenvalue weighted by Gasteiger charge is -2.21. The van der Waals surface area contributed by atoms with Gasteiger partial charge in [-0.2, -0.15) is 13.2 Å². The number of nitrogens with zero attached hydrogens (tertiary/aromatic N) is 2. The average molecular weight is 307 g/mol. The van der Waals surface area contributed by atoms with Crippen molar-refractivity contribution in [2.45, 2.75) is 45.3 Å². The van der Waals surface area contributed by atoms with Crippen LogP contribution in [-0.2, 0) is 6.42 Å². The maximum Gasteiger partial charge on any atom is 0.406 e. The third-order valence-corrected chi connectivity index (χ3v) is 4.68. The van der Waals surface area contributed by atoms with Crippen LogP contribution in [0.1, 0.15) is 43.3 Å². The van der Waals surface area contributed by atoms with Gasteiger partial charge in [0.05, 0.1) is 5.69 Å². The molecular weight excluding hydrogens is 287 g/mol. The van der Waals surface area contributed by atoms with Crippen LogP contribution < -0.4 is 10.2 Å². The monoisotopic (exact) mass is 307 g/mol. The van der Waals surface area contributed by atoms with Crippen molar-refractivity contribution in [2.24, 2.45) is 0 Å². The van der Waals surface area contributed by atoms with Gasteiger partial charge in [-0.1, -0.05) is 18.3 Å². The van der Waals surface area contributed by atoms with E-state index >= 15 is 0 Å². The van der Waals surface area contributed by atoms with Crippen LogP contribution in [-0.4, -0.2) is 30.8 Å². The van der Waals surface area contributed by atoms with Gasteiger partial charge >= 0.3 is 6.18 Å². The van der Waals surface area contributed by atoms with Crippen molar-refractivity contribution in [1.29, 1.82) is 0 Å². The van der Waals surface area contributed by atoms with E-state index in [0.717, 1.165) is 36.4 Å². The molecule has 0 saturated carbocycles. The third-order valence-electron chi connectivity index (χ3n) is 3.41. The van der Waals surface area contributed by atoms with Crippen LogP contribution in [0, 0.1) is 0 Å². The number of nitrogens with one attached hydrogen (secondary N) is 1. The summed E-state index contributed by atoms with van der Waals surface area (Å²) in [5, 5.41) is 3.89. The smallest absolute Gasteiger partial charge is 0.339 e. The molecule has 0 amide bonds. The van der Waals surface area contributed by atoms with Gasteiger partial charge in [0.15, 0.2) is 5.13 Å².